The summed E-state index contributed by atoms with van der Waals surface area (Å²) in [6, 6.07) is 13.9. The third kappa shape index (κ3) is 3.45. The SMILES string of the molecule is Cc1ccc(-n2nc(C(=O)NCc3cccnc3)cc2C2CC2)cc1. The minimum Gasteiger partial charge on any atom is -0.347 e. The molecule has 1 aliphatic rings. The quantitative estimate of drug-likeness (QED) is 0.779. The maximum atomic E-state index is 12.5. The molecule has 1 N–H and O–H groups in total. The number of nitrogens with zero attached hydrogens (tertiary/aromatic N) is 3. The summed E-state index contributed by atoms with van der Waals surface area (Å²) < 4.78 is 1.91. The van der Waals surface area contributed by atoms with Crippen LogP contribution < -0.4 is 5.32 Å². The molecule has 25 heavy (non-hydrogen) atoms. The van der Waals surface area contributed by atoms with Gasteiger partial charge in [-0.1, -0.05) is 23.8 Å². The highest BCUT2D eigenvalue weighted by Crippen LogP contribution is 2.41. The second-order valence-electron chi connectivity index (χ2n) is 6.52. The van der Waals surface area contributed by atoms with Gasteiger partial charge < -0.3 is 5.32 Å². The number of hydrogen-bond acceptors (Lipinski definition) is 3. The molecule has 126 valence electrons. The second kappa shape index (κ2) is 6.51. The van der Waals surface area contributed by atoms with Crippen LogP contribution in [0.1, 0.15) is 46.1 Å². The largest absolute Gasteiger partial charge is 0.347 e. The Morgan fingerprint density at radius 1 is 1.24 bits per heavy atom. The molecule has 2 heterocycles. The van der Waals surface area contributed by atoms with Crippen LogP contribution in [0.15, 0.2) is 54.9 Å². The van der Waals surface area contributed by atoms with Crippen molar-refractivity contribution in [2.45, 2.75) is 32.2 Å². The van der Waals surface area contributed by atoms with Gasteiger partial charge in [0.25, 0.3) is 5.91 Å². The first kappa shape index (κ1) is 15.6. The molecule has 5 nitrogen and oxygen atoms in total. The van der Waals surface area contributed by atoms with E-state index in [-0.39, 0.29) is 5.91 Å². The van der Waals surface area contributed by atoms with Crippen LogP contribution in [0.4, 0.5) is 0 Å². The number of aromatic nitrogens is 3. The first-order valence-electron chi connectivity index (χ1n) is 8.55. The Hall–Kier alpha value is -2.95. The van der Waals surface area contributed by atoms with E-state index in [1.54, 1.807) is 12.4 Å². The lowest BCUT2D eigenvalue weighted by Crippen LogP contribution is -2.23. The predicted molar refractivity (Wildman–Crippen MR) is 95.7 cm³/mol. The number of aryl methyl sites for hydroxylation is 1. The molecular weight excluding hydrogens is 312 g/mol. The van der Waals surface area contributed by atoms with Gasteiger partial charge >= 0.3 is 0 Å². The molecule has 0 aliphatic heterocycles. The van der Waals surface area contributed by atoms with Gasteiger partial charge in [0.05, 0.1) is 5.69 Å². The van der Waals surface area contributed by atoms with Gasteiger partial charge in [-0.05, 0) is 49.6 Å². The van der Waals surface area contributed by atoms with Crippen LogP contribution in [0.3, 0.4) is 0 Å². The number of pyridine rings is 1. The maximum absolute atomic E-state index is 12.5. The Labute approximate surface area is 146 Å². The summed E-state index contributed by atoms with van der Waals surface area (Å²) in [6.07, 6.45) is 5.79. The number of benzene rings is 1. The molecule has 4 rings (SSSR count). The predicted octanol–water partition coefficient (Wildman–Crippen LogP) is 3.38. The fourth-order valence-electron chi connectivity index (χ4n) is 2.84. The molecule has 3 aromatic rings. The van der Waals surface area contributed by atoms with E-state index in [1.807, 2.05) is 35.0 Å². The Kier molecular flexibility index (Phi) is 4.06. The number of rotatable bonds is 5. The van der Waals surface area contributed by atoms with E-state index in [4.69, 9.17) is 0 Å². The number of nitrogens with one attached hydrogen (secondary N) is 1. The maximum Gasteiger partial charge on any atom is 0.272 e. The molecule has 1 amide bonds. The van der Waals surface area contributed by atoms with Crippen molar-refractivity contribution in [2.75, 3.05) is 0 Å². The third-order valence-corrected chi connectivity index (χ3v) is 4.42. The average molecular weight is 332 g/mol. The summed E-state index contributed by atoms with van der Waals surface area (Å²) in [4.78, 5) is 16.6. The number of carbonyl (C=O) groups excluding carboxylic acids is 1. The fraction of sp³-hybridized carbons (Fsp3) is 0.250. The monoisotopic (exact) mass is 332 g/mol. The number of amides is 1. The zero-order valence-corrected chi connectivity index (χ0v) is 14.1. The van der Waals surface area contributed by atoms with Crippen LogP contribution in [-0.4, -0.2) is 20.7 Å². The van der Waals surface area contributed by atoms with E-state index in [2.05, 4.69) is 34.5 Å². The van der Waals surface area contributed by atoms with Gasteiger partial charge in [0.1, 0.15) is 0 Å². The van der Waals surface area contributed by atoms with Gasteiger partial charge in [-0.25, -0.2) is 4.68 Å². The molecule has 0 unspecified atom stereocenters. The topological polar surface area (TPSA) is 59.8 Å². The Bertz CT molecular complexity index is 880. The number of hydrogen-bond donors (Lipinski definition) is 1. The van der Waals surface area contributed by atoms with Gasteiger partial charge in [-0.3, -0.25) is 9.78 Å². The van der Waals surface area contributed by atoms with Crippen molar-refractivity contribution in [1.82, 2.24) is 20.1 Å². The summed E-state index contributed by atoms with van der Waals surface area (Å²) in [6.45, 7) is 2.51. The van der Waals surface area contributed by atoms with E-state index < -0.39 is 0 Å². The van der Waals surface area contributed by atoms with Crippen molar-refractivity contribution in [2.24, 2.45) is 0 Å². The normalized spacial score (nSPS) is 13.6. The van der Waals surface area contributed by atoms with Gasteiger partial charge in [0, 0.05) is 30.6 Å². The van der Waals surface area contributed by atoms with E-state index >= 15 is 0 Å². The molecule has 0 radical (unpaired) electrons. The van der Waals surface area contributed by atoms with Crippen LogP contribution in [0.5, 0.6) is 0 Å². The lowest BCUT2D eigenvalue weighted by atomic mass is 10.2. The molecular formula is C20H20N4O. The van der Waals surface area contributed by atoms with Crippen LogP contribution in [0.2, 0.25) is 0 Å². The van der Waals surface area contributed by atoms with E-state index in [9.17, 15) is 4.79 Å². The van der Waals surface area contributed by atoms with Crippen LogP contribution in [-0.2, 0) is 6.54 Å². The van der Waals surface area contributed by atoms with Crippen LogP contribution in [0.25, 0.3) is 5.69 Å². The zero-order valence-electron chi connectivity index (χ0n) is 14.1. The van der Waals surface area contributed by atoms with Crippen LogP contribution in [0, 0.1) is 6.92 Å². The lowest BCUT2D eigenvalue weighted by Gasteiger charge is -2.06. The summed E-state index contributed by atoms with van der Waals surface area (Å²) in [5.74, 6) is 0.352. The summed E-state index contributed by atoms with van der Waals surface area (Å²) >= 11 is 0. The van der Waals surface area contributed by atoms with Gasteiger partial charge in [-0.15, -0.1) is 0 Å². The molecule has 0 bridgehead atoms. The van der Waals surface area contributed by atoms with Crippen LogP contribution >= 0.6 is 0 Å². The summed E-state index contributed by atoms with van der Waals surface area (Å²) in [5, 5.41) is 7.49. The van der Waals surface area contributed by atoms with E-state index in [1.165, 1.54) is 5.56 Å². The van der Waals surface area contributed by atoms with Gasteiger partial charge in [-0.2, -0.15) is 5.10 Å². The molecule has 1 saturated carbocycles. The first-order chi connectivity index (χ1) is 12.2. The molecule has 5 heteroatoms. The molecule has 1 aliphatic carbocycles. The Balaban J connectivity index is 1.56. The van der Waals surface area contributed by atoms with Crippen molar-refractivity contribution in [3.8, 4) is 5.69 Å². The minimum atomic E-state index is -0.156. The van der Waals surface area contributed by atoms with Crippen molar-refractivity contribution < 1.29 is 4.79 Å². The molecule has 1 fully saturated rings. The third-order valence-electron chi connectivity index (χ3n) is 4.42. The minimum absolute atomic E-state index is 0.156. The van der Waals surface area contributed by atoms with Crippen molar-refractivity contribution in [1.29, 1.82) is 0 Å². The van der Waals surface area contributed by atoms with Gasteiger partial charge in [0.15, 0.2) is 5.69 Å². The van der Waals surface area contributed by atoms with Crippen molar-refractivity contribution in [3.63, 3.8) is 0 Å². The van der Waals surface area contributed by atoms with E-state index in [0.29, 0.717) is 18.2 Å². The Morgan fingerprint density at radius 3 is 2.72 bits per heavy atom. The number of carbonyl (C=O) groups is 1. The zero-order chi connectivity index (χ0) is 17.2. The molecule has 0 atom stereocenters. The highest BCUT2D eigenvalue weighted by atomic mass is 16.1. The van der Waals surface area contributed by atoms with Crippen molar-refractivity contribution in [3.05, 3.63) is 77.4 Å². The second-order valence-corrected chi connectivity index (χ2v) is 6.52. The molecule has 0 saturated heterocycles. The van der Waals surface area contributed by atoms with E-state index in [0.717, 1.165) is 29.8 Å². The Morgan fingerprint density at radius 2 is 2.04 bits per heavy atom. The summed E-state index contributed by atoms with van der Waals surface area (Å²) in [7, 11) is 0. The molecule has 1 aromatic carbocycles. The molecule has 2 aromatic heterocycles. The average Bonchev–Trinajstić information content (AvgIpc) is 3.40. The smallest absolute Gasteiger partial charge is 0.272 e. The van der Waals surface area contributed by atoms with Crippen molar-refractivity contribution >= 4 is 5.91 Å². The highest BCUT2D eigenvalue weighted by Gasteiger charge is 2.29. The highest BCUT2D eigenvalue weighted by molar-refractivity contribution is 5.92. The standard InChI is InChI=1S/C20H20N4O/c1-14-4-8-17(9-5-14)24-19(16-6-7-16)11-18(23-24)20(25)22-13-15-3-2-10-21-12-15/h2-5,8-12,16H,6-7,13H2,1H3,(H,22,25). The van der Waals surface area contributed by atoms with Gasteiger partial charge in [0.2, 0.25) is 0 Å². The fourth-order valence-corrected chi connectivity index (χ4v) is 2.84. The first-order valence-corrected chi connectivity index (χ1v) is 8.55. The lowest BCUT2D eigenvalue weighted by molar-refractivity contribution is 0.0945. The summed E-state index contributed by atoms with van der Waals surface area (Å²) in [5.41, 5.74) is 4.76. The molecule has 0 spiro atoms.